The number of allylic oxidation sites excluding steroid dienone is 1. The molecule has 1 aromatic heterocycles. The molecule has 0 aliphatic carbocycles. The van der Waals surface area contributed by atoms with Gasteiger partial charge in [-0.3, -0.25) is 9.69 Å². The van der Waals surface area contributed by atoms with E-state index in [9.17, 15) is 32.8 Å². The van der Waals surface area contributed by atoms with Crippen molar-refractivity contribution in [3.05, 3.63) is 86.5 Å². The molecule has 14 heteroatoms. The number of methoxy groups -OCH3 is 1. The number of hydrogen-bond acceptors (Lipinski definition) is 8. The summed E-state index contributed by atoms with van der Waals surface area (Å²) in [6.45, 7) is 0.960. The number of aromatic amines is 1. The molecule has 3 aromatic rings. The lowest BCUT2D eigenvalue weighted by Crippen LogP contribution is -2.39. The number of aliphatic hydroxyl groups is 1. The van der Waals surface area contributed by atoms with E-state index in [4.69, 9.17) is 9.84 Å². The first-order valence-corrected chi connectivity index (χ1v) is 11.4. The summed E-state index contributed by atoms with van der Waals surface area (Å²) in [6, 6.07) is 8.88. The number of H-pyrrole nitrogens is 1. The molecule has 0 spiro atoms. The lowest BCUT2D eigenvalue weighted by molar-refractivity contribution is -0.138. The number of halogens is 3. The van der Waals surface area contributed by atoms with Crippen molar-refractivity contribution in [1.82, 2.24) is 20.1 Å². The molecule has 1 amide bonds. The van der Waals surface area contributed by atoms with E-state index >= 15 is 0 Å². The van der Waals surface area contributed by atoms with Gasteiger partial charge in [0.15, 0.2) is 0 Å². The van der Waals surface area contributed by atoms with Gasteiger partial charge in [-0.2, -0.15) is 18.4 Å². The number of hydrogen-bond donors (Lipinski definition) is 3. The number of nitriles is 1. The number of benzene rings is 2. The zero-order chi connectivity index (χ0) is 28.5. The van der Waals surface area contributed by atoms with Crippen molar-refractivity contribution >= 4 is 23.5 Å². The molecule has 0 fully saturated rings. The first-order chi connectivity index (χ1) is 18.5. The summed E-state index contributed by atoms with van der Waals surface area (Å²) in [5, 5.41) is 27.3. The highest BCUT2D eigenvalue weighted by molar-refractivity contribution is 5.99. The lowest BCUT2D eigenvalue weighted by Gasteiger charge is -2.36. The van der Waals surface area contributed by atoms with Crippen molar-refractivity contribution < 1.29 is 32.6 Å². The van der Waals surface area contributed by atoms with E-state index in [1.54, 1.807) is 0 Å². The van der Waals surface area contributed by atoms with E-state index in [1.165, 1.54) is 42.2 Å². The molecule has 3 N–H and O–H groups in total. The third-order valence-electron chi connectivity index (χ3n) is 6.10. The SMILES string of the molecule is COC(=O)C1=C(C)N(c2cccc(C(F)(F)F)c2)c2n[nH]c(=O)n2[C@@H]1c1ccc(C#N)cc1C(=O)NCCO. The van der Waals surface area contributed by atoms with E-state index in [1.807, 2.05) is 6.07 Å². The Morgan fingerprint density at radius 2 is 2.00 bits per heavy atom. The summed E-state index contributed by atoms with van der Waals surface area (Å²) in [4.78, 5) is 40.5. The minimum absolute atomic E-state index is 0.0387. The van der Waals surface area contributed by atoms with E-state index in [0.717, 1.165) is 23.8 Å². The van der Waals surface area contributed by atoms with Crippen LogP contribution < -0.4 is 15.9 Å². The summed E-state index contributed by atoms with van der Waals surface area (Å²) in [5.74, 6) is -1.77. The fourth-order valence-electron chi connectivity index (χ4n) is 4.40. The largest absolute Gasteiger partial charge is 0.466 e. The van der Waals surface area contributed by atoms with Crippen LogP contribution >= 0.6 is 0 Å². The molecule has 4 rings (SSSR count). The monoisotopic (exact) mass is 542 g/mol. The van der Waals surface area contributed by atoms with Crippen LogP contribution in [0.1, 0.15) is 40.0 Å². The number of esters is 1. The fourth-order valence-corrected chi connectivity index (χ4v) is 4.40. The van der Waals surface area contributed by atoms with Crippen LogP contribution in [0.15, 0.2) is 58.5 Å². The van der Waals surface area contributed by atoms with Crippen molar-refractivity contribution in [2.75, 3.05) is 25.2 Å². The van der Waals surface area contributed by atoms with Crippen LogP contribution in [0.4, 0.5) is 24.8 Å². The maximum absolute atomic E-state index is 13.5. The summed E-state index contributed by atoms with van der Waals surface area (Å²) >= 11 is 0. The van der Waals surface area contributed by atoms with E-state index in [0.29, 0.717) is 0 Å². The Kier molecular flexibility index (Phi) is 7.28. The number of alkyl halides is 3. The summed E-state index contributed by atoms with van der Waals surface area (Å²) in [6.07, 6.45) is -4.66. The Morgan fingerprint density at radius 3 is 2.64 bits per heavy atom. The quantitative estimate of drug-likeness (QED) is 0.402. The smallest absolute Gasteiger partial charge is 0.416 e. The topological polar surface area (TPSA) is 153 Å². The van der Waals surface area contributed by atoms with Gasteiger partial charge in [0.25, 0.3) is 5.91 Å². The number of aliphatic hydroxyl groups excluding tert-OH is 1. The second kappa shape index (κ2) is 10.5. The fraction of sp³-hybridized carbons (Fsp3) is 0.240. The van der Waals surface area contributed by atoms with Gasteiger partial charge < -0.3 is 15.2 Å². The highest BCUT2D eigenvalue weighted by atomic mass is 19.4. The van der Waals surface area contributed by atoms with Crippen LogP contribution in [-0.4, -0.2) is 52.0 Å². The number of fused-ring (bicyclic) bond motifs is 1. The highest BCUT2D eigenvalue weighted by Gasteiger charge is 2.41. The molecule has 39 heavy (non-hydrogen) atoms. The van der Waals surface area contributed by atoms with Crippen LogP contribution in [0.3, 0.4) is 0 Å². The van der Waals surface area contributed by atoms with Gasteiger partial charge >= 0.3 is 17.8 Å². The first-order valence-electron chi connectivity index (χ1n) is 11.4. The average Bonchev–Trinajstić information content (AvgIpc) is 3.30. The zero-order valence-electron chi connectivity index (χ0n) is 20.5. The summed E-state index contributed by atoms with van der Waals surface area (Å²) in [5.41, 5.74) is -1.76. The minimum Gasteiger partial charge on any atom is -0.466 e. The molecule has 0 saturated heterocycles. The molecular formula is C25H21F3N6O5. The Bertz CT molecular complexity index is 1580. The number of aromatic nitrogens is 3. The Balaban J connectivity index is 2.02. The van der Waals surface area contributed by atoms with Gasteiger partial charge in [-0.05, 0) is 42.8 Å². The molecular weight excluding hydrogens is 521 g/mol. The number of rotatable bonds is 6. The lowest BCUT2D eigenvalue weighted by atomic mass is 9.89. The molecule has 0 bridgehead atoms. The van der Waals surface area contributed by atoms with Crippen LogP contribution in [0.2, 0.25) is 0 Å². The normalized spacial score (nSPS) is 15.0. The number of amides is 1. The van der Waals surface area contributed by atoms with Gasteiger partial charge in [-0.25, -0.2) is 19.3 Å². The Labute approximate surface area is 218 Å². The number of nitrogens with zero attached hydrogens (tertiary/aromatic N) is 4. The van der Waals surface area contributed by atoms with Crippen molar-refractivity contribution in [2.45, 2.75) is 19.1 Å². The van der Waals surface area contributed by atoms with E-state index in [2.05, 4.69) is 15.5 Å². The minimum atomic E-state index is -4.66. The van der Waals surface area contributed by atoms with Gasteiger partial charge in [-0.15, -0.1) is 5.10 Å². The molecule has 202 valence electrons. The summed E-state index contributed by atoms with van der Waals surface area (Å²) in [7, 11) is 1.09. The first kappa shape index (κ1) is 27.1. The third-order valence-corrected chi connectivity index (χ3v) is 6.10. The predicted octanol–water partition coefficient (Wildman–Crippen LogP) is 2.37. The number of anilines is 2. The van der Waals surface area contributed by atoms with Crippen molar-refractivity contribution in [3.63, 3.8) is 0 Å². The van der Waals surface area contributed by atoms with Crippen LogP contribution in [-0.2, 0) is 15.7 Å². The van der Waals surface area contributed by atoms with Crippen molar-refractivity contribution in [3.8, 4) is 6.07 Å². The molecule has 1 aliphatic heterocycles. The molecule has 0 radical (unpaired) electrons. The maximum Gasteiger partial charge on any atom is 0.416 e. The van der Waals surface area contributed by atoms with Crippen LogP contribution in [0.5, 0.6) is 0 Å². The van der Waals surface area contributed by atoms with Crippen molar-refractivity contribution in [1.29, 1.82) is 5.26 Å². The van der Waals surface area contributed by atoms with Gasteiger partial charge in [0, 0.05) is 23.5 Å². The number of carbonyl (C=O) groups excluding carboxylic acids is 2. The van der Waals surface area contributed by atoms with E-state index < -0.39 is 35.3 Å². The zero-order valence-corrected chi connectivity index (χ0v) is 20.5. The average molecular weight is 542 g/mol. The molecule has 2 heterocycles. The van der Waals surface area contributed by atoms with Crippen LogP contribution in [0, 0.1) is 11.3 Å². The highest BCUT2D eigenvalue weighted by Crippen LogP contribution is 2.43. The molecule has 0 saturated carbocycles. The summed E-state index contributed by atoms with van der Waals surface area (Å²) < 4.78 is 46.5. The Morgan fingerprint density at radius 1 is 1.26 bits per heavy atom. The number of nitrogens with one attached hydrogen (secondary N) is 2. The predicted molar refractivity (Wildman–Crippen MR) is 130 cm³/mol. The van der Waals surface area contributed by atoms with Gasteiger partial charge in [0.2, 0.25) is 5.95 Å². The maximum atomic E-state index is 13.5. The second-order valence-electron chi connectivity index (χ2n) is 8.37. The number of ether oxygens (including phenoxy) is 1. The van der Waals surface area contributed by atoms with Crippen LogP contribution in [0.25, 0.3) is 0 Å². The third kappa shape index (κ3) is 4.87. The molecule has 1 aliphatic rings. The Hall–Kier alpha value is -4.90. The van der Waals surface area contributed by atoms with Gasteiger partial charge in [0.05, 0.1) is 36.5 Å². The van der Waals surface area contributed by atoms with E-state index in [-0.39, 0.29) is 52.7 Å². The van der Waals surface area contributed by atoms with Gasteiger partial charge in [-0.1, -0.05) is 12.1 Å². The standard InChI is InChI=1S/C25H21F3N6O5/c1-13-19(22(37)39-2)20(17-7-6-14(12-29)10-18(17)21(36)30-8-9-35)34-23(31-32-24(34)38)33(13)16-5-3-4-15(11-16)25(26,27)28/h3-7,10-11,20,35H,8-9H2,1-2H3,(H,30,36)(H,32,38)/t20-/m1/s1. The molecule has 1 atom stereocenters. The second-order valence-corrected chi connectivity index (χ2v) is 8.37. The van der Waals surface area contributed by atoms with Crippen molar-refractivity contribution in [2.24, 2.45) is 0 Å². The number of carbonyl (C=O) groups is 2. The van der Waals surface area contributed by atoms with Gasteiger partial charge in [0.1, 0.15) is 6.04 Å². The molecule has 0 unspecified atom stereocenters. The molecule has 11 nitrogen and oxygen atoms in total. The molecule has 2 aromatic carbocycles.